The normalized spacial score (nSPS) is 14.4. The number of rotatable bonds is 6. The number of nitrogens with one attached hydrogen (secondary N) is 1. The number of anilines is 3. The summed E-state index contributed by atoms with van der Waals surface area (Å²) in [5, 5.41) is 2.84. The van der Waals surface area contributed by atoms with Gasteiger partial charge in [0.1, 0.15) is 12.1 Å². The molecular weight excluding hydrogens is 471 g/mol. The van der Waals surface area contributed by atoms with Crippen molar-refractivity contribution >= 4 is 28.2 Å². The van der Waals surface area contributed by atoms with Gasteiger partial charge in [-0.1, -0.05) is 6.92 Å². The molecule has 11 heteroatoms. The number of benzene rings is 1. The molecule has 0 spiro atoms. The number of likely N-dealkylation sites (N-methyl/N-ethyl adjacent to an activating group) is 1. The number of ether oxygens (including phenoxy) is 1. The fourth-order valence-corrected chi connectivity index (χ4v) is 4.35. The quantitative estimate of drug-likeness (QED) is 0.412. The van der Waals surface area contributed by atoms with Gasteiger partial charge in [-0.15, -0.1) is 0 Å². The zero-order chi connectivity index (χ0) is 25.4. The molecule has 4 aromatic rings. The highest BCUT2D eigenvalue weighted by Crippen LogP contribution is 2.34. The van der Waals surface area contributed by atoms with Crippen molar-refractivity contribution in [3.05, 3.63) is 59.9 Å². The summed E-state index contributed by atoms with van der Waals surface area (Å²) in [7, 11) is 1.63. The fraction of sp³-hybridized carbons (Fsp3) is 0.320. The van der Waals surface area contributed by atoms with Crippen LogP contribution >= 0.6 is 0 Å². The second-order valence-corrected chi connectivity index (χ2v) is 8.67. The van der Waals surface area contributed by atoms with E-state index in [1.165, 1.54) is 10.6 Å². The van der Waals surface area contributed by atoms with E-state index in [2.05, 4.69) is 37.0 Å². The highest BCUT2D eigenvalue weighted by molar-refractivity contribution is 5.84. The van der Waals surface area contributed by atoms with Gasteiger partial charge in [0.15, 0.2) is 23.2 Å². The number of fused-ring (bicyclic) bond motifs is 1. The van der Waals surface area contributed by atoms with Crippen molar-refractivity contribution in [1.82, 2.24) is 24.4 Å². The average molecular weight is 498 g/mol. The largest absolute Gasteiger partial charge is 0.433 e. The molecular formula is C25H26F3N7O. The minimum atomic E-state index is -0.955. The van der Waals surface area contributed by atoms with Crippen LogP contribution in [0.4, 0.5) is 30.5 Å². The summed E-state index contributed by atoms with van der Waals surface area (Å²) in [6, 6.07) is 6.02. The van der Waals surface area contributed by atoms with Gasteiger partial charge >= 0.3 is 0 Å². The molecule has 3 aromatic heterocycles. The lowest BCUT2D eigenvalue weighted by Gasteiger charge is -2.35. The van der Waals surface area contributed by atoms with E-state index >= 15 is 8.78 Å². The summed E-state index contributed by atoms with van der Waals surface area (Å²) in [5.41, 5.74) is 1.75. The summed E-state index contributed by atoms with van der Waals surface area (Å²) >= 11 is 0. The lowest BCUT2D eigenvalue weighted by Crippen LogP contribution is -2.46. The Morgan fingerprint density at radius 1 is 1.00 bits per heavy atom. The Morgan fingerprint density at radius 3 is 2.47 bits per heavy atom. The number of aromatic nitrogens is 4. The topological polar surface area (TPSA) is 71.3 Å². The Hall–Kier alpha value is -3.86. The molecule has 1 fully saturated rings. The number of aryl methyl sites for hydroxylation is 2. The molecule has 4 heterocycles. The Kier molecular flexibility index (Phi) is 6.40. The SMILES string of the molecule is CCN1CCN(c2ccc(Nc3ncnc(Oc4cc(F)c5c(cc(C)n5C)c4F)c3F)nc2)CC1. The van der Waals surface area contributed by atoms with E-state index < -0.39 is 29.1 Å². The van der Waals surface area contributed by atoms with Gasteiger partial charge in [-0.2, -0.15) is 9.37 Å². The lowest BCUT2D eigenvalue weighted by molar-refractivity contribution is 0.271. The summed E-state index contributed by atoms with van der Waals surface area (Å²) in [6.07, 6.45) is 2.79. The van der Waals surface area contributed by atoms with Gasteiger partial charge in [0.05, 0.1) is 17.4 Å². The van der Waals surface area contributed by atoms with E-state index in [9.17, 15) is 4.39 Å². The molecule has 5 rings (SSSR count). The third kappa shape index (κ3) is 4.41. The van der Waals surface area contributed by atoms with Gasteiger partial charge in [-0.05, 0) is 31.7 Å². The predicted molar refractivity (Wildman–Crippen MR) is 131 cm³/mol. The van der Waals surface area contributed by atoms with E-state index in [0.29, 0.717) is 11.5 Å². The molecule has 1 aliphatic heterocycles. The first-order valence-electron chi connectivity index (χ1n) is 11.7. The van der Waals surface area contributed by atoms with E-state index in [1.54, 1.807) is 26.2 Å². The maximum atomic E-state index is 15.1. The molecule has 1 aliphatic rings. The first-order chi connectivity index (χ1) is 17.4. The molecule has 1 saturated heterocycles. The van der Waals surface area contributed by atoms with Crippen LogP contribution in [0.2, 0.25) is 0 Å². The van der Waals surface area contributed by atoms with Crippen molar-refractivity contribution in [2.24, 2.45) is 7.05 Å². The monoisotopic (exact) mass is 497 g/mol. The van der Waals surface area contributed by atoms with Crippen LogP contribution in [-0.2, 0) is 7.05 Å². The van der Waals surface area contributed by atoms with Gasteiger partial charge in [-0.3, -0.25) is 0 Å². The van der Waals surface area contributed by atoms with E-state index in [0.717, 1.165) is 50.8 Å². The van der Waals surface area contributed by atoms with Crippen LogP contribution in [0.15, 0.2) is 36.8 Å². The summed E-state index contributed by atoms with van der Waals surface area (Å²) in [6.45, 7) is 8.73. The van der Waals surface area contributed by atoms with Gasteiger partial charge in [0.25, 0.3) is 5.88 Å². The summed E-state index contributed by atoms with van der Waals surface area (Å²) in [5.74, 6) is -3.29. The molecule has 0 radical (unpaired) electrons. The Bertz CT molecular complexity index is 1400. The van der Waals surface area contributed by atoms with Crippen LogP contribution in [0.3, 0.4) is 0 Å². The fourth-order valence-electron chi connectivity index (χ4n) is 4.35. The number of piperazine rings is 1. The highest BCUT2D eigenvalue weighted by atomic mass is 19.1. The molecule has 0 aliphatic carbocycles. The summed E-state index contributed by atoms with van der Waals surface area (Å²) in [4.78, 5) is 16.7. The maximum Gasteiger partial charge on any atom is 0.261 e. The van der Waals surface area contributed by atoms with Crippen LogP contribution in [0.1, 0.15) is 12.6 Å². The molecule has 0 unspecified atom stereocenters. The zero-order valence-corrected chi connectivity index (χ0v) is 20.2. The molecule has 0 atom stereocenters. The molecule has 1 aromatic carbocycles. The molecule has 188 valence electrons. The number of pyridine rings is 1. The molecule has 8 nitrogen and oxygen atoms in total. The minimum Gasteiger partial charge on any atom is -0.433 e. The first-order valence-corrected chi connectivity index (χ1v) is 11.7. The van der Waals surface area contributed by atoms with Gasteiger partial charge < -0.3 is 24.4 Å². The second kappa shape index (κ2) is 9.65. The Balaban J connectivity index is 1.34. The first kappa shape index (κ1) is 23.9. The van der Waals surface area contributed by atoms with E-state index in [1.807, 2.05) is 6.07 Å². The van der Waals surface area contributed by atoms with Crippen molar-refractivity contribution in [3.63, 3.8) is 0 Å². The lowest BCUT2D eigenvalue weighted by atomic mass is 10.2. The van der Waals surface area contributed by atoms with Crippen molar-refractivity contribution in [1.29, 1.82) is 0 Å². The van der Waals surface area contributed by atoms with Crippen molar-refractivity contribution in [2.75, 3.05) is 42.9 Å². The van der Waals surface area contributed by atoms with Gasteiger partial charge in [0, 0.05) is 50.4 Å². The Morgan fingerprint density at radius 2 is 1.78 bits per heavy atom. The third-order valence-corrected chi connectivity index (χ3v) is 6.55. The number of hydrogen-bond acceptors (Lipinski definition) is 7. The van der Waals surface area contributed by atoms with Crippen LogP contribution in [-0.4, -0.2) is 57.1 Å². The predicted octanol–water partition coefficient (Wildman–Crippen LogP) is 4.77. The van der Waals surface area contributed by atoms with Gasteiger partial charge in [-0.25, -0.2) is 18.7 Å². The number of nitrogens with zero attached hydrogens (tertiary/aromatic N) is 6. The zero-order valence-electron chi connectivity index (χ0n) is 20.2. The molecule has 36 heavy (non-hydrogen) atoms. The smallest absolute Gasteiger partial charge is 0.261 e. The number of hydrogen-bond donors (Lipinski definition) is 1. The number of halogens is 3. The van der Waals surface area contributed by atoms with Crippen molar-refractivity contribution in [2.45, 2.75) is 13.8 Å². The van der Waals surface area contributed by atoms with Crippen LogP contribution in [0.5, 0.6) is 11.6 Å². The van der Waals surface area contributed by atoms with Crippen molar-refractivity contribution in [3.8, 4) is 11.6 Å². The molecule has 0 saturated carbocycles. The van der Waals surface area contributed by atoms with E-state index in [-0.39, 0.29) is 16.7 Å². The highest BCUT2D eigenvalue weighted by Gasteiger charge is 2.21. The van der Waals surface area contributed by atoms with Crippen LogP contribution in [0, 0.1) is 24.4 Å². The maximum absolute atomic E-state index is 15.1. The molecule has 1 N–H and O–H groups in total. The van der Waals surface area contributed by atoms with Crippen molar-refractivity contribution < 1.29 is 17.9 Å². The second-order valence-electron chi connectivity index (χ2n) is 8.67. The van der Waals surface area contributed by atoms with E-state index in [4.69, 9.17) is 4.74 Å². The van der Waals surface area contributed by atoms with Gasteiger partial charge in [0.2, 0.25) is 5.82 Å². The van der Waals surface area contributed by atoms with Crippen LogP contribution in [0.25, 0.3) is 10.9 Å². The average Bonchev–Trinajstić information content (AvgIpc) is 3.20. The molecule has 0 amide bonds. The third-order valence-electron chi connectivity index (χ3n) is 6.55. The molecule has 0 bridgehead atoms. The Labute approximate surface area is 206 Å². The minimum absolute atomic E-state index is 0.0400. The summed E-state index contributed by atoms with van der Waals surface area (Å²) < 4.78 is 51.7. The standard InChI is InChI=1S/C25H26F3N7O/c1-4-34-7-9-35(10-8-34)16-5-6-20(29-13-16)32-24-22(28)25(31-14-30-24)36-19-12-18(26)23-17(21(19)27)11-15(2)33(23)3/h5-6,11-14H,4,7-10H2,1-3H3,(H,29,30,31,32). The van der Waals surface area contributed by atoms with Crippen LogP contribution < -0.4 is 15.0 Å².